The molecule has 2 aromatic rings. The summed E-state index contributed by atoms with van der Waals surface area (Å²) in [5, 5.41) is 3.03. The summed E-state index contributed by atoms with van der Waals surface area (Å²) in [4.78, 5) is 14.3. The van der Waals surface area contributed by atoms with Crippen molar-refractivity contribution in [3.63, 3.8) is 0 Å². The molecule has 2 amide bonds. The summed E-state index contributed by atoms with van der Waals surface area (Å²) in [6.07, 6.45) is 0. The lowest BCUT2D eigenvalue weighted by Gasteiger charge is -2.24. The van der Waals surface area contributed by atoms with Crippen LogP contribution in [0.1, 0.15) is 29.7 Å². The first-order valence-electron chi connectivity index (χ1n) is 9.02. The quantitative estimate of drug-likeness (QED) is 0.872. The first-order valence-corrected chi connectivity index (χ1v) is 9.02. The molecule has 1 heterocycles. The van der Waals surface area contributed by atoms with Crippen molar-refractivity contribution >= 4 is 6.03 Å². The lowest BCUT2D eigenvalue weighted by atomic mass is 10.0. The molecule has 0 radical (unpaired) electrons. The molecular formula is C21H26N2O4. The number of urea groups is 1. The van der Waals surface area contributed by atoms with Crippen molar-refractivity contribution in [2.75, 3.05) is 27.4 Å². The Morgan fingerprint density at radius 2 is 1.93 bits per heavy atom. The molecule has 0 fully saturated rings. The van der Waals surface area contributed by atoms with Crippen LogP contribution in [-0.2, 0) is 6.54 Å². The lowest BCUT2D eigenvalue weighted by Crippen LogP contribution is -2.38. The smallest absolute Gasteiger partial charge is 0.317 e. The molecule has 1 unspecified atom stereocenters. The van der Waals surface area contributed by atoms with E-state index in [0.29, 0.717) is 19.8 Å². The third-order valence-corrected chi connectivity index (χ3v) is 4.56. The van der Waals surface area contributed by atoms with Crippen LogP contribution < -0.4 is 19.5 Å². The lowest BCUT2D eigenvalue weighted by molar-refractivity contribution is 0.171. The maximum Gasteiger partial charge on any atom is 0.317 e. The summed E-state index contributed by atoms with van der Waals surface area (Å²) in [7, 11) is 3.41. The molecule has 0 aliphatic carbocycles. The van der Waals surface area contributed by atoms with Gasteiger partial charge in [0, 0.05) is 19.2 Å². The maximum atomic E-state index is 12.6. The number of nitrogens with zero attached hydrogens (tertiary/aromatic N) is 1. The minimum Gasteiger partial charge on any atom is -0.496 e. The van der Waals surface area contributed by atoms with E-state index in [4.69, 9.17) is 14.2 Å². The molecule has 144 valence electrons. The van der Waals surface area contributed by atoms with E-state index in [1.54, 1.807) is 19.1 Å². The van der Waals surface area contributed by atoms with Crippen LogP contribution in [0, 0.1) is 6.92 Å². The zero-order chi connectivity index (χ0) is 19.4. The standard InChI is InChI=1S/C21H26N2O4/c1-14-5-7-18(25-4)17(11-14)15(2)22-21(24)23(3)13-16-6-8-19-20(12-16)27-10-9-26-19/h5-8,11-12,15H,9-10,13H2,1-4H3,(H,22,24). The molecule has 1 N–H and O–H groups in total. The summed E-state index contributed by atoms with van der Waals surface area (Å²) in [6, 6.07) is 11.4. The number of hydrogen-bond donors (Lipinski definition) is 1. The normalized spacial score (nSPS) is 13.6. The van der Waals surface area contributed by atoms with Gasteiger partial charge in [0.05, 0.1) is 13.2 Å². The van der Waals surface area contributed by atoms with Crippen molar-refractivity contribution in [1.82, 2.24) is 10.2 Å². The van der Waals surface area contributed by atoms with E-state index in [1.807, 2.05) is 50.2 Å². The number of carbonyl (C=O) groups is 1. The van der Waals surface area contributed by atoms with Crippen LogP contribution in [0.5, 0.6) is 17.2 Å². The van der Waals surface area contributed by atoms with E-state index >= 15 is 0 Å². The first kappa shape index (κ1) is 18.9. The van der Waals surface area contributed by atoms with Crippen LogP contribution in [-0.4, -0.2) is 38.3 Å². The van der Waals surface area contributed by atoms with E-state index in [0.717, 1.165) is 33.9 Å². The molecule has 0 aromatic heterocycles. The second-order valence-corrected chi connectivity index (χ2v) is 6.75. The van der Waals surface area contributed by atoms with Gasteiger partial charge in [-0.05, 0) is 37.6 Å². The number of rotatable bonds is 5. The molecule has 0 saturated carbocycles. The Balaban J connectivity index is 1.64. The number of ether oxygens (including phenoxy) is 3. The van der Waals surface area contributed by atoms with E-state index in [2.05, 4.69) is 5.32 Å². The van der Waals surface area contributed by atoms with E-state index in [-0.39, 0.29) is 12.1 Å². The monoisotopic (exact) mass is 370 g/mol. The van der Waals surface area contributed by atoms with Crippen molar-refractivity contribution < 1.29 is 19.0 Å². The Morgan fingerprint density at radius 1 is 1.19 bits per heavy atom. The highest BCUT2D eigenvalue weighted by Crippen LogP contribution is 2.31. The van der Waals surface area contributed by atoms with Crippen LogP contribution in [0.2, 0.25) is 0 Å². The number of amides is 2. The minimum absolute atomic E-state index is 0.152. The fourth-order valence-corrected chi connectivity index (χ4v) is 3.10. The van der Waals surface area contributed by atoms with Crippen LogP contribution >= 0.6 is 0 Å². The fourth-order valence-electron chi connectivity index (χ4n) is 3.10. The number of fused-ring (bicyclic) bond motifs is 1. The van der Waals surface area contributed by atoms with Gasteiger partial charge in [-0.2, -0.15) is 0 Å². The highest BCUT2D eigenvalue weighted by atomic mass is 16.6. The fraction of sp³-hybridized carbons (Fsp3) is 0.381. The largest absolute Gasteiger partial charge is 0.496 e. The Hall–Kier alpha value is -2.89. The molecule has 27 heavy (non-hydrogen) atoms. The predicted molar refractivity (Wildman–Crippen MR) is 104 cm³/mol. The van der Waals surface area contributed by atoms with E-state index in [1.165, 1.54) is 0 Å². The van der Waals surface area contributed by atoms with Crippen molar-refractivity contribution in [2.24, 2.45) is 0 Å². The summed E-state index contributed by atoms with van der Waals surface area (Å²) in [5.74, 6) is 2.24. The van der Waals surface area contributed by atoms with Gasteiger partial charge >= 0.3 is 6.03 Å². The predicted octanol–water partition coefficient (Wildman–Crippen LogP) is 3.68. The molecule has 3 rings (SSSR count). The van der Waals surface area contributed by atoms with Gasteiger partial charge in [0.1, 0.15) is 19.0 Å². The zero-order valence-electron chi connectivity index (χ0n) is 16.2. The first-order chi connectivity index (χ1) is 13.0. The molecule has 0 bridgehead atoms. The van der Waals surface area contributed by atoms with Crippen molar-refractivity contribution in [3.05, 3.63) is 53.1 Å². The Bertz CT molecular complexity index is 822. The summed E-state index contributed by atoms with van der Waals surface area (Å²) in [5.41, 5.74) is 3.06. The maximum absolute atomic E-state index is 12.6. The average Bonchev–Trinajstić information content (AvgIpc) is 2.67. The topological polar surface area (TPSA) is 60.0 Å². The SMILES string of the molecule is COc1ccc(C)cc1C(C)NC(=O)N(C)Cc1ccc2c(c1)OCCO2. The highest BCUT2D eigenvalue weighted by molar-refractivity contribution is 5.74. The molecule has 1 atom stereocenters. The second kappa shape index (κ2) is 8.20. The number of carbonyl (C=O) groups excluding carboxylic acids is 1. The van der Waals surface area contributed by atoms with Crippen molar-refractivity contribution in [2.45, 2.75) is 26.4 Å². The third kappa shape index (κ3) is 4.45. The van der Waals surface area contributed by atoms with Gasteiger partial charge in [0.25, 0.3) is 0 Å². The van der Waals surface area contributed by atoms with Gasteiger partial charge in [-0.15, -0.1) is 0 Å². The number of nitrogens with one attached hydrogen (secondary N) is 1. The van der Waals surface area contributed by atoms with Gasteiger partial charge in [-0.25, -0.2) is 4.79 Å². The second-order valence-electron chi connectivity index (χ2n) is 6.75. The molecule has 1 aliphatic heterocycles. The Labute approximate surface area is 160 Å². The Morgan fingerprint density at radius 3 is 2.67 bits per heavy atom. The van der Waals surface area contributed by atoms with Crippen LogP contribution in [0.25, 0.3) is 0 Å². The summed E-state index contributed by atoms with van der Waals surface area (Å²) in [6.45, 7) is 5.55. The van der Waals surface area contributed by atoms with Gasteiger partial charge in [0.2, 0.25) is 0 Å². The third-order valence-electron chi connectivity index (χ3n) is 4.56. The van der Waals surface area contributed by atoms with Gasteiger partial charge in [0.15, 0.2) is 11.5 Å². The van der Waals surface area contributed by atoms with Crippen LogP contribution in [0.3, 0.4) is 0 Å². The molecule has 2 aromatic carbocycles. The number of aryl methyl sites for hydroxylation is 1. The highest BCUT2D eigenvalue weighted by Gasteiger charge is 2.18. The average molecular weight is 370 g/mol. The molecule has 1 aliphatic rings. The minimum atomic E-state index is -0.171. The van der Waals surface area contributed by atoms with Crippen molar-refractivity contribution in [3.8, 4) is 17.2 Å². The Kier molecular flexibility index (Phi) is 5.74. The summed E-state index contributed by atoms with van der Waals surface area (Å²) >= 11 is 0. The van der Waals surface area contributed by atoms with E-state index in [9.17, 15) is 4.79 Å². The molecule has 6 heteroatoms. The number of hydrogen-bond acceptors (Lipinski definition) is 4. The molecule has 0 saturated heterocycles. The van der Waals surface area contributed by atoms with E-state index < -0.39 is 0 Å². The number of methoxy groups -OCH3 is 1. The van der Waals surface area contributed by atoms with Gasteiger partial charge in [-0.1, -0.05) is 23.8 Å². The van der Waals surface area contributed by atoms with Crippen LogP contribution in [0.15, 0.2) is 36.4 Å². The van der Waals surface area contributed by atoms with Crippen molar-refractivity contribution in [1.29, 1.82) is 0 Å². The molecular weight excluding hydrogens is 344 g/mol. The molecule has 6 nitrogen and oxygen atoms in total. The van der Waals surface area contributed by atoms with Crippen LogP contribution in [0.4, 0.5) is 4.79 Å². The van der Waals surface area contributed by atoms with Gasteiger partial charge < -0.3 is 24.4 Å². The van der Waals surface area contributed by atoms with Gasteiger partial charge in [-0.3, -0.25) is 0 Å². The zero-order valence-corrected chi connectivity index (χ0v) is 16.2. The number of benzene rings is 2. The summed E-state index contributed by atoms with van der Waals surface area (Å²) < 4.78 is 16.6. The molecule has 0 spiro atoms.